The molecule has 0 aliphatic heterocycles. The van der Waals surface area contributed by atoms with E-state index in [-0.39, 0.29) is 0 Å². The van der Waals surface area contributed by atoms with Crippen LogP contribution in [0.25, 0.3) is 22.4 Å². The van der Waals surface area contributed by atoms with Crippen LogP contribution >= 0.6 is 18.9 Å². The highest BCUT2D eigenvalue weighted by atomic mass is 32.1. The fourth-order valence-electron chi connectivity index (χ4n) is 3.29. The van der Waals surface area contributed by atoms with E-state index in [0.29, 0.717) is 18.5 Å². The van der Waals surface area contributed by atoms with Gasteiger partial charge in [0, 0.05) is 31.9 Å². The number of anilines is 1. The first-order chi connectivity index (χ1) is 14.4. The number of nitrogens with zero attached hydrogens (tertiary/aromatic N) is 2. The van der Waals surface area contributed by atoms with E-state index < -0.39 is 7.60 Å². The summed E-state index contributed by atoms with van der Waals surface area (Å²) in [7, 11) is 0.785. The molecule has 0 radical (unpaired) electrons. The van der Waals surface area contributed by atoms with Gasteiger partial charge >= 0.3 is 7.60 Å². The molecule has 0 saturated carbocycles. The predicted octanol–water partition coefficient (Wildman–Crippen LogP) is 5.34. The molecular formula is C23H30N2O3PS+. The average Bonchev–Trinajstić information content (AvgIpc) is 3.09. The highest BCUT2D eigenvalue weighted by molar-refractivity contribution is 7.62. The first-order valence-electron chi connectivity index (χ1n) is 10.2. The van der Waals surface area contributed by atoms with Crippen LogP contribution in [0.1, 0.15) is 31.3 Å². The largest absolute Gasteiger partial charge is 0.378 e. The van der Waals surface area contributed by atoms with Crippen molar-refractivity contribution < 1.29 is 18.2 Å². The van der Waals surface area contributed by atoms with Gasteiger partial charge in [-0.3, -0.25) is 4.57 Å². The SMILES string of the molecule is CCOP(=O)(OCC)c1ccc2c(c1)sc(C=Cc1ccc(N(C)C)cc1)[n+]2CC. The Morgan fingerprint density at radius 3 is 2.23 bits per heavy atom. The number of hydrogen-bond donors (Lipinski definition) is 0. The Balaban J connectivity index is 1.96. The summed E-state index contributed by atoms with van der Waals surface area (Å²) < 4.78 is 27.5. The lowest BCUT2D eigenvalue weighted by Crippen LogP contribution is -2.33. The van der Waals surface area contributed by atoms with Crippen molar-refractivity contribution in [3.63, 3.8) is 0 Å². The Hall–Kier alpha value is -1.98. The Kier molecular flexibility index (Phi) is 7.48. The summed E-state index contributed by atoms with van der Waals surface area (Å²) in [5.41, 5.74) is 3.45. The zero-order valence-electron chi connectivity index (χ0n) is 18.3. The van der Waals surface area contributed by atoms with Crippen molar-refractivity contribution in [2.45, 2.75) is 27.3 Å². The third-order valence-corrected chi connectivity index (χ3v) is 7.99. The van der Waals surface area contributed by atoms with Crippen molar-refractivity contribution in [3.05, 3.63) is 53.0 Å². The van der Waals surface area contributed by atoms with Gasteiger partial charge in [0.15, 0.2) is 0 Å². The van der Waals surface area contributed by atoms with Crippen LogP contribution in [0, 0.1) is 0 Å². The molecule has 0 fully saturated rings. The van der Waals surface area contributed by atoms with Crippen LogP contribution < -0.4 is 14.8 Å². The molecule has 30 heavy (non-hydrogen) atoms. The fraction of sp³-hybridized carbons (Fsp3) is 0.348. The Morgan fingerprint density at radius 2 is 1.67 bits per heavy atom. The van der Waals surface area contributed by atoms with Crippen molar-refractivity contribution >= 4 is 52.3 Å². The van der Waals surface area contributed by atoms with Gasteiger partial charge < -0.3 is 13.9 Å². The van der Waals surface area contributed by atoms with Gasteiger partial charge in [0.05, 0.1) is 18.5 Å². The number of aromatic nitrogens is 1. The minimum Gasteiger partial charge on any atom is -0.378 e. The molecule has 7 heteroatoms. The van der Waals surface area contributed by atoms with Gasteiger partial charge in [0.1, 0.15) is 11.2 Å². The Morgan fingerprint density at radius 1 is 1.00 bits per heavy atom. The molecule has 3 aromatic rings. The van der Waals surface area contributed by atoms with E-state index in [1.54, 1.807) is 11.3 Å². The molecule has 0 atom stereocenters. The van der Waals surface area contributed by atoms with Crippen molar-refractivity contribution in [1.29, 1.82) is 0 Å². The first-order valence-corrected chi connectivity index (χ1v) is 12.6. The lowest BCUT2D eigenvalue weighted by Gasteiger charge is -2.16. The molecular weight excluding hydrogens is 415 g/mol. The molecule has 160 valence electrons. The molecule has 0 aliphatic rings. The van der Waals surface area contributed by atoms with Crippen LogP contribution in [0.2, 0.25) is 0 Å². The maximum atomic E-state index is 13.1. The van der Waals surface area contributed by atoms with E-state index in [9.17, 15) is 4.57 Å². The van der Waals surface area contributed by atoms with E-state index in [2.05, 4.69) is 52.8 Å². The Bertz CT molecular complexity index is 1060. The monoisotopic (exact) mass is 445 g/mol. The number of hydrogen-bond acceptors (Lipinski definition) is 5. The lowest BCUT2D eigenvalue weighted by molar-refractivity contribution is -0.665. The molecule has 3 rings (SSSR count). The number of rotatable bonds is 9. The molecule has 0 unspecified atom stereocenters. The van der Waals surface area contributed by atoms with Crippen LogP contribution in [0.5, 0.6) is 0 Å². The van der Waals surface area contributed by atoms with Gasteiger partial charge in [-0.05, 0) is 56.7 Å². The summed E-state index contributed by atoms with van der Waals surface area (Å²) in [5, 5.41) is 1.75. The van der Waals surface area contributed by atoms with Crippen LogP contribution in [0.3, 0.4) is 0 Å². The van der Waals surface area contributed by atoms with Gasteiger partial charge in [-0.25, -0.2) is 0 Å². The summed E-state index contributed by atoms with van der Waals surface area (Å²) in [5.74, 6) is 0. The van der Waals surface area contributed by atoms with Gasteiger partial charge in [-0.2, -0.15) is 4.57 Å². The second kappa shape index (κ2) is 9.88. The second-order valence-electron chi connectivity index (χ2n) is 6.99. The third kappa shape index (κ3) is 4.84. The molecule has 5 nitrogen and oxygen atoms in total. The average molecular weight is 446 g/mol. The number of aryl methyl sites for hydroxylation is 1. The molecule has 0 spiro atoms. The minimum absolute atomic E-state index is 0.343. The molecule has 0 bridgehead atoms. The second-order valence-corrected chi connectivity index (χ2v) is 10.1. The van der Waals surface area contributed by atoms with E-state index in [1.807, 2.05) is 46.1 Å². The topological polar surface area (TPSA) is 42.7 Å². The van der Waals surface area contributed by atoms with Crippen LogP contribution in [-0.2, 0) is 20.2 Å². The van der Waals surface area contributed by atoms with Gasteiger partial charge in [-0.15, -0.1) is 0 Å². The van der Waals surface area contributed by atoms with E-state index >= 15 is 0 Å². The van der Waals surface area contributed by atoms with Crippen LogP contribution in [0.15, 0.2) is 42.5 Å². The minimum atomic E-state index is -3.29. The van der Waals surface area contributed by atoms with Crippen LogP contribution in [-0.4, -0.2) is 27.3 Å². The zero-order chi connectivity index (χ0) is 21.7. The van der Waals surface area contributed by atoms with Crippen LogP contribution in [0.4, 0.5) is 5.69 Å². The number of thiazole rings is 1. The standard InChI is InChI=1S/C23H30N2O3PS/c1-6-25-21-15-14-20(29(26,27-7-2)28-8-3)17-22(21)30-23(25)16-11-18-9-12-19(13-10-18)24(4)5/h9-17H,6-8H2,1-5H3/q+1. The molecule has 0 aliphatic carbocycles. The van der Waals surface area contributed by atoms with Crippen molar-refractivity contribution in [3.8, 4) is 0 Å². The first kappa shape index (κ1) is 22.7. The Labute approximate surface area is 183 Å². The van der Waals surface area contributed by atoms with Gasteiger partial charge in [0.2, 0.25) is 5.52 Å². The van der Waals surface area contributed by atoms with E-state index in [4.69, 9.17) is 9.05 Å². The molecule has 2 aromatic carbocycles. The summed E-state index contributed by atoms with van der Waals surface area (Å²) in [6.45, 7) is 7.33. The summed E-state index contributed by atoms with van der Waals surface area (Å²) in [6.07, 6.45) is 4.27. The summed E-state index contributed by atoms with van der Waals surface area (Å²) in [6, 6.07) is 14.3. The number of benzene rings is 2. The molecule has 1 heterocycles. The molecule has 0 N–H and O–H groups in total. The zero-order valence-corrected chi connectivity index (χ0v) is 20.0. The lowest BCUT2D eigenvalue weighted by atomic mass is 10.2. The predicted molar refractivity (Wildman–Crippen MR) is 128 cm³/mol. The third-order valence-electron chi connectivity index (χ3n) is 4.77. The van der Waals surface area contributed by atoms with E-state index in [1.165, 1.54) is 5.69 Å². The quantitative estimate of drug-likeness (QED) is 0.330. The summed E-state index contributed by atoms with van der Waals surface area (Å²) in [4.78, 5) is 2.09. The van der Waals surface area contributed by atoms with Gasteiger partial charge in [0.25, 0.3) is 5.01 Å². The molecule has 1 aromatic heterocycles. The molecule has 0 amide bonds. The highest BCUT2D eigenvalue weighted by Gasteiger charge is 2.28. The highest BCUT2D eigenvalue weighted by Crippen LogP contribution is 2.47. The van der Waals surface area contributed by atoms with Gasteiger partial charge in [-0.1, -0.05) is 23.5 Å². The fourth-order valence-corrected chi connectivity index (χ4v) is 6.14. The van der Waals surface area contributed by atoms with Crippen molar-refractivity contribution in [1.82, 2.24) is 0 Å². The smallest absolute Gasteiger partial charge is 0.361 e. The molecule has 0 saturated heterocycles. The maximum absolute atomic E-state index is 13.1. The maximum Gasteiger partial charge on any atom is 0.361 e. The number of fused-ring (bicyclic) bond motifs is 1. The van der Waals surface area contributed by atoms with E-state index in [0.717, 1.165) is 27.3 Å². The van der Waals surface area contributed by atoms with Crippen molar-refractivity contribution in [2.75, 3.05) is 32.2 Å². The van der Waals surface area contributed by atoms with Crippen molar-refractivity contribution in [2.24, 2.45) is 0 Å². The summed E-state index contributed by atoms with van der Waals surface area (Å²) >= 11 is 1.68. The normalized spacial score (nSPS) is 12.2.